The Bertz CT molecular complexity index is 1230. The van der Waals surface area contributed by atoms with Crippen LogP contribution in [0.25, 0.3) is 0 Å². The van der Waals surface area contributed by atoms with Gasteiger partial charge in [-0.15, -0.1) is 0 Å². The lowest BCUT2D eigenvalue weighted by Crippen LogP contribution is -2.26. The molecule has 0 aliphatic rings. The third-order valence-corrected chi connectivity index (χ3v) is 9.95. The first-order chi connectivity index (χ1) is 14.2. The van der Waals surface area contributed by atoms with Crippen molar-refractivity contribution in [3.63, 3.8) is 0 Å². The molecule has 0 fully saturated rings. The summed E-state index contributed by atoms with van der Waals surface area (Å²) in [5, 5.41) is 0. The van der Waals surface area contributed by atoms with Crippen molar-refractivity contribution < 1.29 is 35.2 Å². The van der Waals surface area contributed by atoms with Gasteiger partial charge in [0.15, 0.2) is 26.1 Å². The summed E-state index contributed by atoms with van der Waals surface area (Å²) in [5.74, 6) is -13.4. The molecule has 10 heteroatoms. The summed E-state index contributed by atoms with van der Waals surface area (Å²) >= 11 is -1.87. The van der Waals surface area contributed by atoms with Crippen molar-refractivity contribution in [3.8, 4) is 0 Å². The number of rotatable bonds is 5. The van der Waals surface area contributed by atoms with E-state index in [4.69, 9.17) is 0 Å². The lowest BCUT2D eigenvalue weighted by Gasteiger charge is -2.12. The lowest BCUT2D eigenvalue weighted by molar-refractivity contribution is 0.107. The van der Waals surface area contributed by atoms with Crippen molar-refractivity contribution in [2.45, 2.75) is 4.90 Å². The third kappa shape index (κ3) is 4.06. The maximum atomic E-state index is 14.3. The number of halogens is 6. The van der Waals surface area contributed by atoms with Crippen LogP contribution in [0.4, 0.5) is 22.0 Å². The zero-order valence-corrected chi connectivity index (χ0v) is 17.6. The van der Waals surface area contributed by atoms with Gasteiger partial charge in [0.25, 0.3) is 0 Å². The van der Waals surface area contributed by atoms with Gasteiger partial charge < -0.3 is 0 Å². The summed E-state index contributed by atoms with van der Waals surface area (Å²) in [6.45, 7) is 0. The van der Waals surface area contributed by atoms with E-state index >= 15 is 0 Å². The normalized spacial score (nSPS) is 12.4. The van der Waals surface area contributed by atoms with Gasteiger partial charge in [-0.05, 0) is 12.1 Å². The predicted octanol–water partition coefficient (Wildman–Crippen LogP) is 5.01. The summed E-state index contributed by atoms with van der Waals surface area (Å²) in [7, 11) is -5.35. The van der Waals surface area contributed by atoms with Crippen LogP contribution < -0.4 is 0 Å². The number of hydrogen-bond donors (Lipinski definition) is 0. The fraction of sp³-hybridized carbons (Fsp3) is 0. The van der Waals surface area contributed by atoms with Crippen LogP contribution in [0.5, 0.6) is 0 Å². The SMILES string of the molecule is O=C(C(=Ic1ccccc1)S(=O)(=O)c1c(F)c(F)c(F)c(F)c1F)c1ccccc1. The summed E-state index contributed by atoms with van der Waals surface area (Å²) in [4.78, 5) is 10.9. The van der Waals surface area contributed by atoms with Crippen LogP contribution in [0.2, 0.25) is 0 Å². The van der Waals surface area contributed by atoms with E-state index in [1.54, 1.807) is 24.3 Å². The Morgan fingerprint density at radius 2 is 1.10 bits per heavy atom. The number of carbonyl (C=O) groups excluding carboxylic acids is 1. The van der Waals surface area contributed by atoms with Crippen LogP contribution in [0.15, 0.2) is 65.6 Å². The minimum atomic E-state index is -5.35. The predicted molar refractivity (Wildman–Crippen MR) is 108 cm³/mol. The molecule has 3 rings (SSSR count). The monoisotopic (exact) mass is 552 g/mol. The van der Waals surface area contributed by atoms with Crippen molar-refractivity contribution in [3.05, 3.63) is 98.9 Å². The van der Waals surface area contributed by atoms with Gasteiger partial charge in [0, 0.05) is 9.13 Å². The number of hydrogen-bond acceptors (Lipinski definition) is 3. The van der Waals surface area contributed by atoms with E-state index in [-0.39, 0.29) is 5.56 Å². The summed E-state index contributed by atoms with van der Waals surface area (Å²) < 4.78 is 94.7. The zero-order chi connectivity index (χ0) is 22.1. The van der Waals surface area contributed by atoms with Gasteiger partial charge >= 0.3 is 0 Å². The van der Waals surface area contributed by atoms with Gasteiger partial charge in [0.05, 0.1) is 0 Å². The number of benzene rings is 3. The van der Waals surface area contributed by atoms with Crippen LogP contribution in [-0.2, 0) is 9.84 Å². The summed E-state index contributed by atoms with van der Waals surface area (Å²) in [6, 6.07) is 14.8. The second-order valence-electron chi connectivity index (χ2n) is 5.76. The summed E-state index contributed by atoms with van der Waals surface area (Å²) in [6.07, 6.45) is 0. The number of ketones is 1. The molecule has 0 amide bonds. The van der Waals surface area contributed by atoms with Gasteiger partial charge in [-0.25, -0.2) is 30.4 Å². The molecule has 3 aromatic rings. The molecule has 0 saturated heterocycles. The average molecular weight is 552 g/mol. The molecule has 0 radical (unpaired) electrons. The van der Waals surface area contributed by atoms with E-state index in [1.807, 2.05) is 0 Å². The minimum Gasteiger partial charge on any atom is -0.287 e. The van der Waals surface area contributed by atoms with E-state index in [0.29, 0.717) is 3.57 Å². The molecule has 0 aliphatic heterocycles. The van der Waals surface area contributed by atoms with Gasteiger partial charge in [-0.2, -0.15) is 0 Å². The second kappa shape index (κ2) is 8.72. The molecule has 156 valence electrons. The standard InChI is InChI=1S/C20H10F5IO3S/c21-13-14(22)16(24)19(17(25)15(13)23)30(28,29)20(26-12-9-5-2-6-10-12)18(27)11-7-3-1-4-8-11/h1-10H. The van der Waals surface area contributed by atoms with Crippen molar-refractivity contribution in [2.75, 3.05) is 0 Å². The van der Waals surface area contributed by atoms with Gasteiger partial charge in [-0.1, -0.05) is 69.3 Å². The summed E-state index contributed by atoms with van der Waals surface area (Å²) in [5.41, 5.74) is -0.101. The molecule has 3 nitrogen and oxygen atoms in total. The Kier molecular flexibility index (Phi) is 6.46. The van der Waals surface area contributed by atoms with E-state index in [2.05, 4.69) is 0 Å². The molecule has 0 aliphatic carbocycles. The highest BCUT2D eigenvalue weighted by atomic mass is 127. The largest absolute Gasteiger partial charge is 0.287 e. The molecule has 0 spiro atoms. The van der Waals surface area contributed by atoms with E-state index in [9.17, 15) is 35.2 Å². The van der Waals surface area contributed by atoms with Gasteiger partial charge in [0.1, 0.15) is 4.90 Å². The van der Waals surface area contributed by atoms with Gasteiger partial charge in [0.2, 0.25) is 21.4 Å². The zero-order valence-electron chi connectivity index (χ0n) is 14.7. The smallest absolute Gasteiger partial charge is 0.221 e. The maximum Gasteiger partial charge on any atom is 0.221 e. The Morgan fingerprint density at radius 1 is 0.667 bits per heavy atom. The average Bonchev–Trinajstić information content (AvgIpc) is 2.75. The number of Topliss-reactive ketones (excluding diaryl/α,β-unsaturated/α-hetero) is 1. The molecule has 0 N–H and O–H groups in total. The van der Waals surface area contributed by atoms with E-state index < -0.39 is 73.2 Å². The fourth-order valence-electron chi connectivity index (χ4n) is 2.41. The molecule has 0 heterocycles. The first kappa shape index (κ1) is 22.2. The Labute approximate surface area is 177 Å². The first-order valence-electron chi connectivity index (χ1n) is 8.09. The molecule has 30 heavy (non-hydrogen) atoms. The van der Waals surface area contributed by atoms with Crippen LogP contribution in [0.1, 0.15) is 10.4 Å². The van der Waals surface area contributed by atoms with Gasteiger partial charge in [-0.3, -0.25) is 4.79 Å². The molecule has 0 bridgehead atoms. The molecule has 0 atom stereocenters. The van der Waals surface area contributed by atoms with Crippen molar-refractivity contribution >= 4 is 39.2 Å². The van der Waals surface area contributed by atoms with Crippen molar-refractivity contribution in [1.82, 2.24) is 0 Å². The molecule has 0 unspecified atom stereocenters. The fourth-order valence-corrected chi connectivity index (χ4v) is 7.72. The lowest BCUT2D eigenvalue weighted by atomic mass is 10.2. The molecular weight excluding hydrogens is 542 g/mol. The quantitative estimate of drug-likeness (QED) is 0.112. The number of sulfone groups is 1. The van der Waals surface area contributed by atoms with E-state index in [0.717, 1.165) is 0 Å². The van der Waals surface area contributed by atoms with Crippen molar-refractivity contribution in [2.24, 2.45) is 0 Å². The highest BCUT2D eigenvalue weighted by molar-refractivity contribution is 14.2. The van der Waals surface area contributed by atoms with Crippen molar-refractivity contribution in [1.29, 1.82) is 0 Å². The highest BCUT2D eigenvalue weighted by Gasteiger charge is 2.38. The van der Waals surface area contributed by atoms with Crippen LogP contribution in [0, 0.1) is 32.7 Å². The highest BCUT2D eigenvalue weighted by Crippen LogP contribution is 2.31. The minimum absolute atomic E-state index is 0.101. The van der Waals surface area contributed by atoms with Crippen LogP contribution in [-0.4, -0.2) is 17.0 Å². The maximum absolute atomic E-state index is 14.3. The first-order valence-corrected chi connectivity index (χ1v) is 11.7. The second-order valence-corrected chi connectivity index (χ2v) is 11.2. The Hall–Kier alpha value is -2.47. The molecular formula is C20H10F5IO3S. The molecule has 0 aromatic heterocycles. The van der Waals surface area contributed by atoms with E-state index in [1.165, 1.54) is 36.4 Å². The Balaban J connectivity index is 2.32. The van der Waals surface area contributed by atoms with Crippen LogP contribution >= 0.6 is 20.7 Å². The topological polar surface area (TPSA) is 51.2 Å². The number of carbonyl (C=O) groups is 1. The Morgan fingerprint density at radius 3 is 1.60 bits per heavy atom. The van der Waals surface area contributed by atoms with Crippen LogP contribution in [0.3, 0.4) is 0 Å². The molecule has 3 aromatic carbocycles. The third-order valence-electron chi connectivity index (χ3n) is 3.82. The molecule has 0 saturated carbocycles.